The summed E-state index contributed by atoms with van der Waals surface area (Å²) in [5, 5.41) is 31.2. The Balaban J connectivity index is 2.72. The Bertz CT molecular complexity index is 1240. The largest absolute Gasteiger partial charge is 0.479 e. The summed E-state index contributed by atoms with van der Waals surface area (Å²) >= 11 is 0. The lowest BCUT2D eigenvalue weighted by Crippen LogP contribution is -2.61. The van der Waals surface area contributed by atoms with Gasteiger partial charge < -0.3 is 39.0 Å². The van der Waals surface area contributed by atoms with Crippen LogP contribution in [0.15, 0.2) is 24.3 Å². The molecule has 1 rings (SSSR count). The Hall–Kier alpha value is -2.80. The van der Waals surface area contributed by atoms with E-state index in [1.165, 1.54) is 77.0 Å². The predicted octanol–water partition coefficient (Wildman–Crippen LogP) is 12.3. The van der Waals surface area contributed by atoms with Crippen molar-refractivity contribution >= 4 is 23.9 Å². The molecule has 1 heterocycles. The summed E-state index contributed by atoms with van der Waals surface area (Å²) in [7, 11) is 0. The minimum absolute atomic E-state index is 0.0627. The van der Waals surface area contributed by atoms with Crippen LogP contribution in [-0.4, -0.2) is 89.2 Å². The van der Waals surface area contributed by atoms with E-state index in [9.17, 15) is 34.5 Å². The molecule has 65 heavy (non-hydrogen) atoms. The van der Waals surface area contributed by atoms with Crippen LogP contribution < -0.4 is 0 Å². The molecule has 3 N–H and O–H groups in total. The molecule has 0 aliphatic carbocycles. The lowest BCUT2D eigenvalue weighted by atomic mass is 9.98. The summed E-state index contributed by atoms with van der Waals surface area (Å²) in [4.78, 5) is 50.7. The Morgan fingerprint density at radius 3 is 1.35 bits per heavy atom. The highest BCUT2D eigenvalue weighted by Crippen LogP contribution is 2.26. The summed E-state index contributed by atoms with van der Waals surface area (Å²) in [5.41, 5.74) is 0. The quantitative estimate of drug-likeness (QED) is 0.0229. The fourth-order valence-corrected chi connectivity index (χ4v) is 7.87. The molecule has 0 radical (unpaired) electrons. The number of hydrogen-bond donors (Lipinski definition) is 3. The average molecular weight is 923 g/mol. The number of aliphatic hydroxyl groups is 2. The molecule has 12 nitrogen and oxygen atoms in total. The van der Waals surface area contributed by atoms with Gasteiger partial charge in [0.2, 0.25) is 0 Å². The van der Waals surface area contributed by atoms with E-state index < -0.39 is 67.3 Å². The van der Waals surface area contributed by atoms with Gasteiger partial charge in [0.15, 0.2) is 24.6 Å². The molecular formula is C53H94O12. The van der Waals surface area contributed by atoms with Crippen molar-refractivity contribution in [3.05, 3.63) is 24.3 Å². The molecule has 0 spiro atoms. The van der Waals surface area contributed by atoms with Crippen molar-refractivity contribution in [1.82, 2.24) is 0 Å². The van der Waals surface area contributed by atoms with Crippen LogP contribution in [0.5, 0.6) is 0 Å². The first-order valence-electron chi connectivity index (χ1n) is 26.3. The number of aliphatic carboxylic acids is 1. The van der Waals surface area contributed by atoms with Crippen molar-refractivity contribution < 1.29 is 58.2 Å². The smallest absolute Gasteiger partial charge is 0.335 e. The zero-order valence-electron chi connectivity index (χ0n) is 41.2. The van der Waals surface area contributed by atoms with Crippen molar-refractivity contribution in [2.75, 3.05) is 13.2 Å². The van der Waals surface area contributed by atoms with Gasteiger partial charge in [0.25, 0.3) is 0 Å². The molecule has 12 heteroatoms. The molecule has 0 saturated carbocycles. The highest BCUT2D eigenvalue weighted by molar-refractivity contribution is 5.74. The van der Waals surface area contributed by atoms with Gasteiger partial charge in [0, 0.05) is 19.3 Å². The van der Waals surface area contributed by atoms with Gasteiger partial charge in [0.1, 0.15) is 18.8 Å². The SMILES string of the molecule is CCCC/C=C\CCCCCCCC(=O)OC(COC(=O)CCCCCCC/C=C\CCCCCCCC)COC1OC(C(=O)O)C(O)C(O)C1OC(=O)CCCCCCCCCCC. The Labute approximate surface area is 394 Å². The van der Waals surface area contributed by atoms with E-state index in [1.54, 1.807) is 0 Å². The third kappa shape index (κ3) is 33.3. The van der Waals surface area contributed by atoms with E-state index in [0.717, 1.165) is 103 Å². The Morgan fingerprint density at radius 1 is 0.492 bits per heavy atom. The summed E-state index contributed by atoms with van der Waals surface area (Å²) in [5.74, 6) is -3.13. The van der Waals surface area contributed by atoms with Crippen molar-refractivity contribution in [3.63, 3.8) is 0 Å². The van der Waals surface area contributed by atoms with Crippen molar-refractivity contribution in [3.8, 4) is 0 Å². The lowest BCUT2D eigenvalue weighted by molar-refractivity contribution is -0.301. The minimum atomic E-state index is -1.90. The molecule has 0 amide bonds. The van der Waals surface area contributed by atoms with Gasteiger partial charge in [-0.2, -0.15) is 0 Å². The van der Waals surface area contributed by atoms with Crippen LogP contribution >= 0.6 is 0 Å². The van der Waals surface area contributed by atoms with Gasteiger partial charge >= 0.3 is 23.9 Å². The van der Waals surface area contributed by atoms with Crippen LogP contribution in [0.2, 0.25) is 0 Å². The normalized spacial score (nSPS) is 19.2. The fraction of sp³-hybridized carbons (Fsp3) is 0.849. The van der Waals surface area contributed by atoms with E-state index >= 15 is 0 Å². The summed E-state index contributed by atoms with van der Waals surface area (Å²) < 4.78 is 28.2. The summed E-state index contributed by atoms with van der Waals surface area (Å²) in [6.07, 6.45) is 33.3. The summed E-state index contributed by atoms with van der Waals surface area (Å²) in [6, 6.07) is 0. The molecule has 0 aromatic rings. The number of unbranched alkanes of at least 4 members (excludes halogenated alkanes) is 26. The third-order valence-electron chi connectivity index (χ3n) is 12.0. The summed E-state index contributed by atoms with van der Waals surface area (Å²) in [6.45, 7) is 5.88. The molecule has 1 saturated heterocycles. The molecule has 6 unspecified atom stereocenters. The second-order valence-electron chi connectivity index (χ2n) is 18.2. The maximum Gasteiger partial charge on any atom is 0.335 e. The molecule has 1 fully saturated rings. The maximum absolute atomic E-state index is 13.0. The monoisotopic (exact) mass is 923 g/mol. The number of carbonyl (C=O) groups is 4. The molecule has 6 atom stereocenters. The van der Waals surface area contributed by atoms with E-state index in [2.05, 4.69) is 45.1 Å². The highest BCUT2D eigenvalue weighted by atomic mass is 16.7. The van der Waals surface area contributed by atoms with Crippen LogP contribution in [0.1, 0.15) is 239 Å². The first-order valence-corrected chi connectivity index (χ1v) is 26.3. The van der Waals surface area contributed by atoms with Crippen molar-refractivity contribution in [2.24, 2.45) is 0 Å². The van der Waals surface area contributed by atoms with Gasteiger partial charge in [-0.05, 0) is 64.2 Å². The zero-order chi connectivity index (χ0) is 47.6. The third-order valence-corrected chi connectivity index (χ3v) is 12.0. The van der Waals surface area contributed by atoms with Crippen LogP contribution in [0.3, 0.4) is 0 Å². The predicted molar refractivity (Wildman–Crippen MR) is 257 cm³/mol. The van der Waals surface area contributed by atoms with E-state index in [-0.39, 0.29) is 25.9 Å². The second kappa shape index (κ2) is 42.5. The number of carboxylic acids is 1. The molecular weight excluding hydrogens is 829 g/mol. The number of ether oxygens (including phenoxy) is 5. The van der Waals surface area contributed by atoms with Gasteiger partial charge in [-0.25, -0.2) is 4.79 Å². The molecule has 1 aliphatic heterocycles. The Morgan fingerprint density at radius 2 is 0.892 bits per heavy atom. The van der Waals surface area contributed by atoms with Crippen LogP contribution in [0, 0.1) is 0 Å². The molecule has 0 bridgehead atoms. The number of esters is 3. The van der Waals surface area contributed by atoms with Gasteiger partial charge in [0.05, 0.1) is 6.61 Å². The molecule has 1 aliphatic rings. The van der Waals surface area contributed by atoms with Crippen molar-refractivity contribution in [2.45, 2.75) is 276 Å². The van der Waals surface area contributed by atoms with E-state index in [1.807, 2.05) is 0 Å². The lowest BCUT2D eigenvalue weighted by Gasteiger charge is -2.40. The minimum Gasteiger partial charge on any atom is -0.479 e. The number of carboxylic acid groups (broad SMARTS) is 1. The average Bonchev–Trinajstić information content (AvgIpc) is 3.29. The molecule has 378 valence electrons. The second-order valence-corrected chi connectivity index (χ2v) is 18.2. The number of aliphatic hydroxyl groups excluding tert-OH is 2. The molecule has 0 aromatic carbocycles. The van der Waals surface area contributed by atoms with E-state index in [0.29, 0.717) is 19.3 Å². The van der Waals surface area contributed by atoms with Crippen molar-refractivity contribution in [1.29, 1.82) is 0 Å². The first kappa shape index (κ1) is 60.2. The Kier molecular flexibility index (Phi) is 39.4. The zero-order valence-corrected chi connectivity index (χ0v) is 41.2. The van der Waals surface area contributed by atoms with Gasteiger partial charge in [-0.15, -0.1) is 0 Å². The molecule has 0 aromatic heterocycles. The van der Waals surface area contributed by atoms with Crippen LogP contribution in [0.4, 0.5) is 0 Å². The van der Waals surface area contributed by atoms with Gasteiger partial charge in [-0.1, -0.05) is 180 Å². The van der Waals surface area contributed by atoms with Crippen LogP contribution in [-0.2, 0) is 42.9 Å². The number of carbonyl (C=O) groups excluding carboxylic acids is 3. The number of rotatable bonds is 44. The number of allylic oxidation sites excluding steroid dienone is 4. The maximum atomic E-state index is 13.0. The van der Waals surface area contributed by atoms with E-state index in [4.69, 9.17) is 23.7 Å². The topological polar surface area (TPSA) is 175 Å². The standard InChI is InChI=1S/C53H94O12/c1-4-7-10-13-16-19-21-22-23-24-26-28-30-33-36-39-45(54)61-42-44(63-46(55)40-37-34-32-29-25-20-17-14-11-8-5-2)43-62-53-51(49(58)48(57)50(65-53)52(59)60)64-47(56)41-38-35-31-27-18-15-12-9-6-3/h14,17,22-23,44,48-51,53,57-58H,4-13,15-16,18-21,24-43H2,1-3H3,(H,59,60)/b17-14-,23-22-. The fourth-order valence-electron chi connectivity index (χ4n) is 7.87. The van der Waals surface area contributed by atoms with Gasteiger partial charge in [-0.3, -0.25) is 14.4 Å². The number of hydrogen-bond acceptors (Lipinski definition) is 11. The first-order chi connectivity index (χ1) is 31.6. The highest BCUT2D eigenvalue weighted by Gasteiger charge is 2.50. The van der Waals surface area contributed by atoms with Crippen LogP contribution in [0.25, 0.3) is 0 Å².